The number of nitrogens with one attached hydrogen (secondary N) is 1. The molecule has 1 amide bonds. The van der Waals surface area contributed by atoms with Gasteiger partial charge in [0.15, 0.2) is 5.41 Å². The molecule has 0 aliphatic carbocycles. The predicted octanol–water partition coefficient (Wildman–Crippen LogP) is 1.33. The molecule has 3 rings (SSSR count). The Bertz CT molecular complexity index is 707. The number of aryl methyl sites for hydroxylation is 1. The number of benzene rings is 1. The van der Waals surface area contributed by atoms with Crippen LogP contribution in [-0.2, 0) is 23.1 Å². The first kappa shape index (κ1) is 12.7. The van der Waals surface area contributed by atoms with Crippen molar-refractivity contribution < 1.29 is 9.53 Å². The summed E-state index contributed by atoms with van der Waals surface area (Å²) in [7, 11) is 1.98. The van der Waals surface area contributed by atoms with Crippen molar-refractivity contribution in [1.82, 2.24) is 9.88 Å². The van der Waals surface area contributed by atoms with Crippen molar-refractivity contribution in [1.29, 1.82) is 5.26 Å². The monoisotopic (exact) mass is 269 g/mol. The number of nitriles is 1. The van der Waals surface area contributed by atoms with Gasteiger partial charge in [-0.15, -0.1) is 0 Å². The lowest BCUT2D eigenvalue weighted by atomic mass is 9.87. The Balaban J connectivity index is 1.78. The van der Waals surface area contributed by atoms with E-state index in [1.807, 2.05) is 42.1 Å². The normalized spacial score (nSPS) is 16.4. The zero-order chi connectivity index (χ0) is 14.2. The number of amides is 1. The van der Waals surface area contributed by atoms with Gasteiger partial charge in [-0.1, -0.05) is 18.2 Å². The molecule has 0 spiro atoms. The van der Waals surface area contributed by atoms with Crippen LogP contribution in [-0.4, -0.2) is 23.7 Å². The molecule has 5 nitrogen and oxygen atoms in total. The van der Waals surface area contributed by atoms with Gasteiger partial charge in [0.2, 0.25) is 5.91 Å². The molecule has 102 valence electrons. The summed E-state index contributed by atoms with van der Waals surface area (Å²) < 4.78 is 7.02. The van der Waals surface area contributed by atoms with E-state index < -0.39 is 5.41 Å². The molecule has 2 aromatic rings. The van der Waals surface area contributed by atoms with Gasteiger partial charge >= 0.3 is 0 Å². The maximum absolute atomic E-state index is 12.1. The summed E-state index contributed by atoms with van der Waals surface area (Å²) in [6.07, 6.45) is 2.00. The van der Waals surface area contributed by atoms with Crippen molar-refractivity contribution in [3.8, 4) is 6.07 Å². The molecule has 0 bridgehead atoms. The van der Waals surface area contributed by atoms with Crippen LogP contribution in [0.1, 0.15) is 5.56 Å². The Labute approximate surface area is 116 Å². The minimum Gasteiger partial charge on any atom is -0.377 e. The first-order valence-corrected chi connectivity index (χ1v) is 6.46. The van der Waals surface area contributed by atoms with Crippen LogP contribution in [0.4, 0.5) is 0 Å². The Kier molecular flexibility index (Phi) is 2.96. The van der Waals surface area contributed by atoms with Crippen LogP contribution in [0.3, 0.4) is 0 Å². The van der Waals surface area contributed by atoms with Crippen molar-refractivity contribution in [2.45, 2.75) is 6.54 Å². The molecular weight excluding hydrogens is 254 g/mol. The molecule has 1 aromatic heterocycles. The fraction of sp³-hybridized carbons (Fsp3) is 0.333. The van der Waals surface area contributed by atoms with Crippen LogP contribution >= 0.6 is 0 Å². The van der Waals surface area contributed by atoms with Crippen molar-refractivity contribution in [3.05, 3.63) is 36.0 Å². The van der Waals surface area contributed by atoms with Crippen LogP contribution in [0.15, 0.2) is 30.5 Å². The van der Waals surface area contributed by atoms with Gasteiger partial charge in [-0.3, -0.25) is 4.79 Å². The van der Waals surface area contributed by atoms with E-state index in [0.29, 0.717) is 6.54 Å². The first-order valence-electron chi connectivity index (χ1n) is 6.46. The lowest BCUT2D eigenvalue weighted by Crippen LogP contribution is -2.52. The summed E-state index contributed by atoms with van der Waals surface area (Å²) in [5, 5.41) is 13.0. The van der Waals surface area contributed by atoms with Crippen molar-refractivity contribution >= 4 is 16.8 Å². The summed E-state index contributed by atoms with van der Waals surface area (Å²) in [5.41, 5.74) is 1.17. The highest BCUT2D eigenvalue weighted by Gasteiger charge is 2.46. The van der Waals surface area contributed by atoms with Gasteiger partial charge in [-0.2, -0.15) is 5.26 Å². The number of nitrogens with zero attached hydrogens (tertiary/aromatic N) is 2. The second-order valence-corrected chi connectivity index (χ2v) is 5.15. The molecule has 0 saturated carbocycles. The summed E-state index contributed by atoms with van der Waals surface area (Å²) in [6, 6.07) is 10.1. The van der Waals surface area contributed by atoms with E-state index in [1.165, 1.54) is 0 Å². The molecule has 0 radical (unpaired) electrons. The van der Waals surface area contributed by atoms with Gasteiger partial charge in [0.25, 0.3) is 0 Å². The number of hydrogen-bond acceptors (Lipinski definition) is 3. The minimum absolute atomic E-state index is 0.185. The minimum atomic E-state index is -0.995. The van der Waals surface area contributed by atoms with E-state index in [0.717, 1.165) is 16.5 Å². The topological polar surface area (TPSA) is 67.0 Å². The molecule has 1 fully saturated rings. The van der Waals surface area contributed by atoms with Crippen LogP contribution in [0, 0.1) is 16.7 Å². The quantitative estimate of drug-likeness (QED) is 0.914. The number of carbonyl (C=O) groups excluding carboxylic acids is 1. The average molecular weight is 269 g/mol. The third-order valence-electron chi connectivity index (χ3n) is 3.76. The highest BCUT2D eigenvalue weighted by Crippen LogP contribution is 2.27. The fourth-order valence-corrected chi connectivity index (χ4v) is 2.46. The van der Waals surface area contributed by atoms with Gasteiger partial charge in [0, 0.05) is 30.7 Å². The summed E-state index contributed by atoms with van der Waals surface area (Å²) >= 11 is 0. The van der Waals surface area contributed by atoms with Gasteiger partial charge in [-0.05, 0) is 11.6 Å². The Hall–Kier alpha value is -2.32. The Morgan fingerprint density at radius 2 is 2.25 bits per heavy atom. The van der Waals surface area contributed by atoms with Gasteiger partial charge in [0.1, 0.15) is 0 Å². The number of aromatic nitrogens is 1. The SMILES string of the molecule is Cn1cc(CNC(=O)C2(C#N)COC2)c2ccccc21. The number of fused-ring (bicyclic) bond motifs is 1. The number of rotatable bonds is 3. The molecule has 1 N–H and O–H groups in total. The molecule has 0 unspecified atom stereocenters. The van der Waals surface area contributed by atoms with Crippen molar-refractivity contribution in [2.75, 3.05) is 13.2 Å². The smallest absolute Gasteiger partial charge is 0.245 e. The van der Waals surface area contributed by atoms with Crippen LogP contribution < -0.4 is 5.32 Å². The number of ether oxygens (including phenoxy) is 1. The first-order chi connectivity index (χ1) is 9.66. The van der Waals surface area contributed by atoms with Crippen LogP contribution in [0.5, 0.6) is 0 Å². The highest BCUT2D eigenvalue weighted by molar-refractivity contribution is 5.88. The van der Waals surface area contributed by atoms with E-state index in [-0.39, 0.29) is 19.1 Å². The van der Waals surface area contributed by atoms with E-state index in [9.17, 15) is 4.79 Å². The summed E-state index contributed by atoms with van der Waals surface area (Å²) in [6.45, 7) is 0.791. The molecule has 0 atom stereocenters. The highest BCUT2D eigenvalue weighted by atomic mass is 16.5. The van der Waals surface area contributed by atoms with Gasteiger partial charge < -0.3 is 14.6 Å². The molecule has 1 aliphatic heterocycles. The molecule has 1 aliphatic rings. The maximum atomic E-state index is 12.1. The van der Waals surface area contributed by atoms with E-state index >= 15 is 0 Å². The maximum Gasteiger partial charge on any atom is 0.245 e. The number of carbonyl (C=O) groups is 1. The van der Waals surface area contributed by atoms with Gasteiger partial charge in [-0.25, -0.2) is 0 Å². The molecule has 2 heterocycles. The Morgan fingerprint density at radius 1 is 1.50 bits per heavy atom. The van der Waals surface area contributed by atoms with E-state index in [1.54, 1.807) is 0 Å². The molecule has 1 saturated heterocycles. The van der Waals surface area contributed by atoms with Crippen LogP contribution in [0.2, 0.25) is 0 Å². The molecular formula is C15H15N3O2. The lowest BCUT2D eigenvalue weighted by molar-refractivity contribution is -0.150. The van der Waals surface area contributed by atoms with Crippen molar-refractivity contribution in [2.24, 2.45) is 12.5 Å². The largest absolute Gasteiger partial charge is 0.377 e. The summed E-state index contributed by atoms with van der Waals surface area (Å²) in [5.74, 6) is -0.251. The summed E-state index contributed by atoms with van der Waals surface area (Å²) in [4.78, 5) is 12.1. The average Bonchev–Trinajstić information content (AvgIpc) is 2.73. The second kappa shape index (κ2) is 4.66. The van der Waals surface area contributed by atoms with Crippen molar-refractivity contribution in [3.63, 3.8) is 0 Å². The zero-order valence-electron chi connectivity index (χ0n) is 11.2. The predicted molar refractivity (Wildman–Crippen MR) is 73.6 cm³/mol. The standard InChI is InChI=1S/C15H15N3O2/c1-18-7-11(12-4-2-3-5-13(12)18)6-17-14(19)15(8-16)9-20-10-15/h2-5,7H,6,9-10H2,1H3,(H,17,19). The van der Waals surface area contributed by atoms with E-state index in [2.05, 4.69) is 11.4 Å². The van der Waals surface area contributed by atoms with Crippen LogP contribution in [0.25, 0.3) is 10.9 Å². The molecule has 20 heavy (non-hydrogen) atoms. The molecule has 1 aromatic carbocycles. The Morgan fingerprint density at radius 3 is 2.90 bits per heavy atom. The zero-order valence-corrected chi connectivity index (χ0v) is 11.2. The third-order valence-corrected chi connectivity index (χ3v) is 3.76. The lowest BCUT2D eigenvalue weighted by Gasteiger charge is -2.33. The third kappa shape index (κ3) is 1.86. The number of para-hydroxylation sites is 1. The number of hydrogen-bond donors (Lipinski definition) is 1. The van der Waals surface area contributed by atoms with Gasteiger partial charge in [0.05, 0.1) is 19.3 Å². The molecule has 5 heteroatoms. The van der Waals surface area contributed by atoms with E-state index in [4.69, 9.17) is 10.00 Å². The fourth-order valence-electron chi connectivity index (χ4n) is 2.46. The second-order valence-electron chi connectivity index (χ2n) is 5.15.